The van der Waals surface area contributed by atoms with E-state index in [0.29, 0.717) is 24.4 Å². The number of carbonyl (C=O) groups is 1. The summed E-state index contributed by atoms with van der Waals surface area (Å²) in [5.74, 6) is -0.811. The van der Waals surface area contributed by atoms with E-state index in [1.54, 1.807) is 27.0 Å². The first kappa shape index (κ1) is 16.9. The van der Waals surface area contributed by atoms with Crippen molar-refractivity contribution in [3.63, 3.8) is 0 Å². The predicted octanol–water partition coefficient (Wildman–Crippen LogP) is 2.42. The number of rotatable bonds is 6. The molecule has 2 rings (SSSR count). The van der Waals surface area contributed by atoms with Crippen LogP contribution in [0.1, 0.15) is 33.4 Å². The van der Waals surface area contributed by atoms with E-state index in [1.165, 1.54) is 17.2 Å². The number of nitrogens with zero attached hydrogens (tertiary/aromatic N) is 4. The zero-order valence-corrected chi connectivity index (χ0v) is 13.6. The smallest absolute Gasteiger partial charge is 0.333 e. The minimum absolute atomic E-state index is 0.0744. The van der Waals surface area contributed by atoms with E-state index in [-0.39, 0.29) is 5.82 Å². The highest BCUT2D eigenvalue weighted by molar-refractivity contribution is 5.78. The summed E-state index contributed by atoms with van der Waals surface area (Å²) in [4.78, 5) is 19.8. The molecule has 124 valence electrons. The molecule has 0 bridgehead atoms. The van der Waals surface area contributed by atoms with E-state index in [1.807, 2.05) is 6.92 Å². The molecule has 2 aromatic heterocycles. The average molecular weight is 321 g/mol. The number of anilines is 2. The van der Waals surface area contributed by atoms with Crippen LogP contribution >= 0.6 is 0 Å². The fourth-order valence-corrected chi connectivity index (χ4v) is 1.97. The second-order valence-electron chi connectivity index (χ2n) is 5.41. The molecule has 0 amide bonds. The molecule has 0 saturated carbocycles. The van der Waals surface area contributed by atoms with Crippen LogP contribution in [0.25, 0.3) is 0 Å². The van der Waals surface area contributed by atoms with E-state index >= 15 is 0 Å². The standard InChI is InChI=1S/C15H20FN5O2/c1-5-11-12(16)13(18-9-17-11)20-10-7-19-21(8-10)15(3,4)14(22)23-6-2/h7-9H,5-6H2,1-4H3,(H,17,18,20). The second kappa shape index (κ2) is 6.72. The van der Waals surface area contributed by atoms with Crippen LogP contribution in [0, 0.1) is 5.82 Å². The Morgan fingerprint density at radius 2 is 2.13 bits per heavy atom. The van der Waals surface area contributed by atoms with Gasteiger partial charge in [-0.15, -0.1) is 0 Å². The lowest BCUT2D eigenvalue weighted by atomic mass is 10.1. The molecule has 0 radical (unpaired) electrons. The lowest BCUT2D eigenvalue weighted by molar-refractivity contribution is -0.152. The molecule has 1 N–H and O–H groups in total. The molecule has 2 aromatic rings. The number of carbonyl (C=O) groups excluding carboxylic acids is 1. The molecule has 0 fully saturated rings. The quantitative estimate of drug-likeness (QED) is 0.823. The Morgan fingerprint density at radius 3 is 2.78 bits per heavy atom. The number of halogens is 1. The van der Waals surface area contributed by atoms with Crippen LogP contribution in [0.5, 0.6) is 0 Å². The summed E-state index contributed by atoms with van der Waals surface area (Å²) in [5, 5.41) is 7.00. The molecule has 8 heteroatoms. The van der Waals surface area contributed by atoms with Crippen molar-refractivity contribution >= 4 is 17.5 Å². The first-order valence-corrected chi connectivity index (χ1v) is 7.38. The third-order valence-electron chi connectivity index (χ3n) is 3.39. The van der Waals surface area contributed by atoms with Gasteiger partial charge in [0.05, 0.1) is 24.2 Å². The number of hydrogen-bond acceptors (Lipinski definition) is 6. The molecular formula is C15H20FN5O2. The largest absolute Gasteiger partial charge is 0.464 e. The van der Waals surface area contributed by atoms with Crippen molar-refractivity contribution in [1.29, 1.82) is 0 Å². The van der Waals surface area contributed by atoms with Crippen molar-refractivity contribution in [2.75, 3.05) is 11.9 Å². The maximum atomic E-state index is 14.1. The molecule has 0 spiro atoms. The van der Waals surface area contributed by atoms with Gasteiger partial charge in [0.15, 0.2) is 17.2 Å². The third kappa shape index (κ3) is 3.46. The van der Waals surface area contributed by atoms with Crippen LogP contribution in [-0.2, 0) is 21.5 Å². The van der Waals surface area contributed by atoms with Crippen molar-refractivity contribution in [3.05, 3.63) is 30.2 Å². The highest BCUT2D eigenvalue weighted by Crippen LogP contribution is 2.22. The molecule has 0 saturated heterocycles. The van der Waals surface area contributed by atoms with E-state index in [0.717, 1.165) is 0 Å². The Morgan fingerprint density at radius 1 is 1.39 bits per heavy atom. The summed E-state index contributed by atoms with van der Waals surface area (Å²) >= 11 is 0. The van der Waals surface area contributed by atoms with E-state index in [9.17, 15) is 9.18 Å². The normalized spacial score (nSPS) is 11.3. The van der Waals surface area contributed by atoms with Gasteiger partial charge in [-0.05, 0) is 27.2 Å². The summed E-state index contributed by atoms with van der Waals surface area (Å²) < 4.78 is 20.6. The SMILES string of the molecule is CCOC(=O)C(C)(C)n1cc(Nc2ncnc(CC)c2F)cn1. The minimum atomic E-state index is -0.964. The summed E-state index contributed by atoms with van der Waals surface area (Å²) in [6.45, 7) is 7.24. The number of hydrogen-bond donors (Lipinski definition) is 1. The van der Waals surface area contributed by atoms with E-state index < -0.39 is 17.3 Å². The number of esters is 1. The van der Waals surface area contributed by atoms with Gasteiger partial charge in [0.2, 0.25) is 0 Å². The number of aromatic nitrogens is 4. The van der Waals surface area contributed by atoms with Crippen LogP contribution in [0.3, 0.4) is 0 Å². The van der Waals surface area contributed by atoms with Crippen molar-refractivity contribution in [2.45, 2.75) is 39.7 Å². The van der Waals surface area contributed by atoms with Crippen molar-refractivity contribution < 1.29 is 13.9 Å². The van der Waals surface area contributed by atoms with Crippen LogP contribution in [-0.4, -0.2) is 32.3 Å². The highest BCUT2D eigenvalue weighted by Gasteiger charge is 2.32. The summed E-state index contributed by atoms with van der Waals surface area (Å²) in [6, 6.07) is 0. The molecule has 0 aliphatic rings. The van der Waals surface area contributed by atoms with Gasteiger partial charge in [0.1, 0.15) is 6.33 Å². The van der Waals surface area contributed by atoms with Crippen molar-refractivity contribution in [2.24, 2.45) is 0 Å². The van der Waals surface area contributed by atoms with Gasteiger partial charge in [0.25, 0.3) is 0 Å². The third-order valence-corrected chi connectivity index (χ3v) is 3.39. The Kier molecular flexibility index (Phi) is 4.92. The summed E-state index contributed by atoms with van der Waals surface area (Å²) in [7, 11) is 0. The van der Waals surface area contributed by atoms with Gasteiger partial charge in [-0.2, -0.15) is 5.10 Å². The van der Waals surface area contributed by atoms with Gasteiger partial charge >= 0.3 is 5.97 Å². The Hall–Kier alpha value is -2.51. The molecular weight excluding hydrogens is 301 g/mol. The van der Waals surface area contributed by atoms with Gasteiger partial charge in [0, 0.05) is 6.20 Å². The van der Waals surface area contributed by atoms with Crippen LogP contribution < -0.4 is 5.32 Å². The molecule has 0 aliphatic heterocycles. The fourth-order valence-electron chi connectivity index (χ4n) is 1.97. The van der Waals surface area contributed by atoms with Crippen molar-refractivity contribution in [3.8, 4) is 0 Å². The van der Waals surface area contributed by atoms with Crippen molar-refractivity contribution in [1.82, 2.24) is 19.7 Å². The van der Waals surface area contributed by atoms with Crippen LogP contribution in [0.4, 0.5) is 15.9 Å². The molecule has 0 unspecified atom stereocenters. The first-order valence-electron chi connectivity index (χ1n) is 7.38. The second-order valence-corrected chi connectivity index (χ2v) is 5.41. The lowest BCUT2D eigenvalue weighted by Crippen LogP contribution is -2.37. The predicted molar refractivity (Wildman–Crippen MR) is 82.8 cm³/mol. The Bertz CT molecular complexity index is 699. The van der Waals surface area contributed by atoms with Gasteiger partial charge < -0.3 is 10.1 Å². The Labute approximate surface area is 133 Å². The van der Waals surface area contributed by atoms with Gasteiger partial charge in [-0.25, -0.2) is 19.2 Å². The maximum absolute atomic E-state index is 14.1. The number of nitrogens with one attached hydrogen (secondary N) is 1. The zero-order valence-electron chi connectivity index (χ0n) is 13.6. The maximum Gasteiger partial charge on any atom is 0.333 e. The first-order chi connectivity index (χ1) is 10.9. The molecule has 23 heavy (non-hydrogen) atoms. The fraction of sp³-hybridized carbons (Fsp3) is 0.467. The summed E-state index contributed by atoms with van der Waals surface area (Å²) in [6.07, 6.45) is 4.87. The number of ether oxygens (including phenoxy) is 1. The van der Waals surface area contributed by atoms with Gasteiger partial charge in [-0.1, -0.05) is 6.92 Å². The molecule has 0 aliphatic carbocycles. The minimum Gasteiger partial charge on any atom is -0.464 e. The lowest BCUT2D eigenvalue weighted by Gasteiger charge is -2.22. The van der Waals surface area contributed by atoms with E-state index in [2.05, 4.69) is 20.4 Å². The average Bonchev–Trinajstić information content (AvgIpc) is 2.99. The molecule has 7 nitrogen and oxygen atoms in total. The monoisotopic (exact) mass is 321 g/mol. The van der Waals surface area contributed by atoms with Crippen LogP contribution in [0.2, 0.25) is 0 Å². The Balaban J connectivity index is 2.22. The van der Waals surface area contributed by atoms with Gasteiger partial charge in [-0.3, -0.25) is 4.68 Å². The van der Waals surface area contributed by atoms with Crippen LogP contribution in [0.15, 0.2) is 18.7 Å². The molecule has 0 aromatic carbocycles. The highest BCUT2D eigenvalue weighted by atomic mass is 19.1. The topological polar surface area (TPSA) is 81.9 Å². The van der Waals surface area contributed by atoms with E-state index in [4.69, 9.17) is 4.74 Å². The zero-order chi connectivity index (χ0) is 17.0. The number of aryl methyl sites for hydroxylation is 1. The molecule has 2 heterocycles. The molecule has 0 atom stereocenters. The summed E-state index contributed by atoms with van der Waals surface area (Å²) in [5.41, 5.74) is -0.113.